The van der Waals surface area contributed by atoms with Crippen molar-refractivity contribution < 1.29 is 114 Å². The third-order valence-corrected chi connectivity index (χ3v) is 83.7. The molecule has 44 heteroatoms. The molecule has 0 saturated carbocycles. The van der Waals surface area contributed by atoms with Crippen molar-refractivity contribution in [1.82, 2.24) is 0 Å². The minimum Gasteiger partial charge on any atom is -0.421 e. The van der Waals surface area contributed by atoms with Crippen LogP contribution in [0.2, 0.25) is 0 Å². The molecule has 1 aliphatic rings. The normalized spacial score (nSPS) is 16.1. The number of thiol groups is 1. The molecule has 0 N–H and O–H groups in total. The Bertz CT molecular complexity index is 1380. The molecule has 1 heterocycles. The van der Waals surface area contributed by atoms with E-state index in [1.54, 1.807) is 0 Å². The number of alkyl halides is 12. The van der Waals surface area contributed by atoms with E-state index in [2.05, 4.69) is 87.7 Å². The van der Waals surface area contributed by atoms with Crippen molar-refractivity contribution in [3.63, 3.8) is 0 Å². The molecular weight excluding hydrogens is 1260 g/mol. The Labute approximate surface area is 372 Å². The summed E-state index contributed by atoms with van der Waals surface area (Å²) < 4.78 is 233. The van der Waals surface area contributed by atoms with Gasteiger partial charge in [0.2, 0.25) is 0 Å². The second-order valence-electron chi connectivity index (χ2n) is 9.16. The Hall–Kier alpha value is 6.04. The van der Waals surface area contributed by atoms with Gasteiger partial charge in [0, 0.05) is 12.8 Å². The number of quaternary nitrogens is 1. The molecule has 0 amide bonds. The molecule has 9 unspecified atom stereocenters. The molecule has 0 aliphatic carbocycles. The molecule has 56 heavy (non-hydrogen) atoms. The van der Waals surface area contributed by atoms with Gasteiger partial charge in [-0.25, -0.2) is 33.7 Å². The van der Waals surface area contributed by atoms with E-state index in [0.717, 1.165) is 16.2 Å². The predicted octanol–water partition coefficient (Wildman–Crippen LogP) is 9.36. The van der Waals surface area contributed by atoms with Crippen LogP contribution < -0.4 is 18.9 Å². The van der Waals surface area contributed by atoms with E-state index in [1.807, 2.05) is 21.2 Å². The first-order valence-corrected chi connectivity index (χ1v) is 44.2. The van der Waals surface area contributed by atoms with Crippen molar-refractivity contribution in [2.75, 3.05) is 26.7 Å². The van der Waals surface area contributed by atoms with Crippen LogP contribution in [0, 0.1) is 0 Å². The fraction of sp³-hybridized carbons (Fsp3) is 1.00. The number of halogens is 14. The smallest absolute Gasteiger partial charge is 0.421 e. The average molecular weight is 1300 g/mol. The Morgan fingerprint density at radius 1 is 0.661 bits per heavy atom. The van der Waals surface area contributed by atoms with Gasteiger partial charge in [0.1, 0.15) is 0 Å². The van der Waals surface area contributed by atoms with Crippen molar-refractivity contribution in [3.05, 3.63) is 8.25 Å². The maximum Gasteiger partial charge on any atom is 1.00 e. The summed E-state index contributed by atoms with van der Waals surface area (Å²) in [6, 6.07) is 0. The third kappa shape index (κ3) is 28.9. The molecule has 1 aliphatic heterocycles. The molecule has 0 radical (unpaired) electrons. The summed E-state index contributed by atoms with van der Waals surface area (Å²) in [6.07, 6.45) is 4.25. The van der Waals surface area contributed by atoms with Gasteiger partial charge in [-0.3, -0.25) is 4.72 Å². The molecule has 0 aromatic carbocycles. The van der Waals surface area contributed by atoms with Crippen molar-refractivity contribution in [1.29, 1.82) is 1.45 Å². The number of nitrogens with zero attached hydrogens (tertiary/aromatic N) is 3. The van der Waals surface area contributed by atoms with Gasteiger partial charge in [0.05, 0.1) is 26.7 Å². The summed E-state index contributed by atoms with van der Waals surface area (Å²) in [5.41, 5.74) is -24.8. The zero-order chi connectivity index (χ0) is 46.8. The molecule has 0 aromatic heterocycles. The van der Waals surface area contributed by atoms with Gasteiger partial charge < -0.3 is 12.7 Å². The van der Waals surface area contributed by atoms with Gasteiger partial charge in [0.25, 0.3) is 1.45 Å². The summed E-state index contributed by atoms with van der Waals surface area (Å²) in [4.78, 5) is 0. The van der Waals surface area contributed by atoms with E-state index in [0.29, 0.717) is 0 Å². The van der Waals surface area contributed by atoms with Crippen LogP contribution in [0.4, 0.5) is 57.4 Å². The van der Waals surface area contributed by atoms with Crippen LogP contribution >= 0.6 is 136 Å². The second kappa shape index (κ2) is 31.2. The number of likely N-dealkylation sites (tertiary alicyclic amines) is 1. The molecule has 9 atom stereocenters. The van der Waals surface area contributed by atoms with Crippen molar-refractivity contribution in [2.24, 2.45) is 0 Å². The zero-order valence-corrected chi connectivity index (χ0v) is 47.9. The van der Waals surface area contributed by atoms with E-state index in [4.69, 9.17) is 4.72 Å². The standard InChI is InChI=1S/C8H18N.2C2F6NO4S2.FH.HIS.Li.H15P13/c1-3-6-9(2)7-4-5-8-9;2*3-1(4,5)14(10,11)9-15(12,13)2(6,7)8;;1-2;;1-8-12(9(2)3)13(10(4)5)11(6)7/h3-8H2,1-2H3;;;1H;2H;;8H,1-7H2/q+1;2*-1;;;+1;/i/hT. The van der Waals surface area contributed by atoms with Crippen LogP contribution in [-0.4, -0.2) is 88.3 Å². The van der Waals surface area contributed by atoms with Crippen LogP contribution in [0.3, 0.4) is 0 Å². The average Bonchev–Trinajstić information content (AvgIpc) is 3.41. The second-order valence-corrected chi connectivity index (χ2v) is 63.5. The van der Waals surface area contributed by atoms with Gasteiger partial charge in [-0.1, -0.05) is 14.9 Å². The number of sulfonamides is 4. The molecule has 0 spiro atoms. The third-order valence-electron chi connectivity index (χ3n) is 4.89. The van der Waals surface area contributed by atoms with Crippen LogP contribution in [0.5, 0.6) is 0 Å². The Morgan fingerprint density at radius 3 is 1.02 bits per heavy atom. The molecule has 1 fully saturated rings. The van der Waals surface area contributed by atoms with Gasteiger partial charge in [-0.05, 0) is 62.6 Å². The molecule has 0 aromatic rings. The van der Waals surface area contributed by atoms with Crippen molar-refractivity contribution >= 4 is 176 Å². The number of hydrogen-bond acceptors (Lipinski definition) is 9. The largest absolute Gasteiger partial charge is 1.00 e. The van der Waals surface area contributed by atoms with Crippen LogP contribution in [-0.2, 0) is 40.1 Å². The first-order valence-electron chi connectivity index (χ1n) is 12.7. The minimum absolute atomic E-state index is 0. The first kappa shape index (κ1) is 71.0. The monoisotopic (exact) mass is 1290 g/mol. The number of rotatable bonds is 11. The molecule has 340 valence electrons. The fourth-order valence-corrected chi connectivity index (χ4v) is 133. The SMILES string of the molecule is CCC[N+]1(C)CCCC1.O=S(=O)([N-]S(=O)(=O)C(F)(F)F)C(F)(F)F.O=S(=O)([N-]S(=O)(=O)C(F)(F)F)C(F)(F)F.PPP(P(P)P)P(P(P)P)P(P)P.SI.[3H]F.[Li+]. The van der Waals surface area contributed by atoms with E-state index < -0.39 is 62.1 Å². The predicted molar refractivity (Wildman–Crippen MR) is 243 cm³/mol. The Kier molecular flexibility index (Phi) is 39.5. The summed E-state index contributed by atoms with van der Waals surface area (Å²) in [5.74, 6) is 0. The maximum atomic E-state index is 11.4. The molecule has 1 rings (SSSR count). The van der Waals surface area contributed by atoms with Crippen LogP contribution in [0.15, 0.2) is 0 Å². The molecule has 11 nitrogen and oxygen atoms in total. The quantitative estimate of drug-likeness (QED) is 0.0534. The summed E-state index contributed by atoms with van der Waals surface area (Å²) >= 11 is 1.84. The molecule has 0 bridgehead atoms. The first-order chi connectivity index (χ1) is 24.6. The molecular formula is C12H35F13ILiN3O8P13S5. The van der Waals surface area contributed by atoms with E-state index >= 15 is 0 Å². The van der Waals surface area contributed by atoms with Crippen molar-refractivity contribution in [3.8, 4) is 0 Å². The van der Waals surface area contributed by atoms with Gasteiger partial charge in [-0.15, -0.1) is 72.3 Å². The van der Waals surface area contributed by atoms with E-state index in [9.17, 15) is 86.4 Å². The minimum atomic E-state index is -6.72. The summed E-state index contributed by atoms with van der Waals surface area (Å²) in [6.45, 7) is 7.38. The van der Waals surface area contributed by atoms with Crippen LogP contribution in [0.25, 0.3) is 8.25 Å². The number of hydrogen-bond donors (Lipinski definition) is 1. The van der Waals surface area contributed by atoms with E-state index in [-0.39, 0.29) is 53.8 Å². The van der Waals surface area contributed by atoms with Crippen molar-refractivity contribution in [2.45, 2.75) is 48.2 Å². The van der Waals surface area contributed by atoms with Crippen LogP contribution in [0.1, 0.15) is 26.2 Å². The zero-order valence-electron chi connectivity index (χ0n) is 29.0. The van der Waals surface area contributed by atoms with E-state index in [1.165, 1.54) is 43.4 Å². The topological polar surface area (TPSA) is 165 Å². The van der Waals surface area contributed by atoms with Gasteiger partial charge in [-0.2, -0.15) is 52.7 Å². The molecule has 1 saturated heterocycles. The summed E-state index contributed by atoms with van der Waals surface area (Å²) in [7, 11) is 1.22. The Balaban J connectivity index is -0.000000148. The summed E-state index contributed by atoms with van der Waals surface area (Å²) in [5, 5.41) is 0. The fourth-order valence-electron chi connectivity index (χ4n) is 2.82. The van der Waals surface area contributed by atoms with Gasteiger partial charge in [0.15, 0.2) is 40.1 Å². The Morgan fingerprint density at radius 2 is 0.893 bits per heavy atom. The van der Waals surface area contributed by atoms with Gasteiger partial charge >= 0.3 is 40.9 Å². The maximum absolute atomic E-state index is 11.4.